The molecule has 2 amide bonds. The first-order chi connectivity index (χ1) is 17.1. The van der Waals surface area contributed by atoms with Gasteiger partial charge in [-0.2, -0.15) is 13.2 Å². The Morgan fingerprint density at radius 2 is 1.67 bits per heavy atom. The number of rotatable bonds is 5. The maximum atomic E-state index is 13.2. The number of nitrogens with one attached hydrogen (secondary N) is 1. The van der Waals surface area contributed by atoms with Gasteiger partial charge < -0.3 is 20.0 Å². The fourth-order valence-electron chi connectivity index (χ4n) is 5.26. The van der Waals surface area contributed by atoms with E-state index in [1.807, 2.05) is 41.1 Å². The molecule has 1 aliphatic carbocycles. The van der Waals surface area contributed by atoms with Crippen LogP contribution in [-0.2, 0) is 6.18 Å². The fourth-order valence-corrected chi connectivity index (χ4v) is 5.38. The van der Waals surface area contributed by atoms with E-state index < -0.39 is 11.7 Å². The summed E-state index contributed by atoms with van der Waals surface area (Å²) in [7, 11) is 1.86. The van der Waals surface area contributed by atoms with Gasteiger partial charge in [-0.15, -0.1) is 0 Å². The minimum atomic E-state index is -4.35. The molecule has 0 aromatic heterocycles. The molecule has 1 saturated heterocycles. The van der Waals surface area contributed by atoms with Gasteiger partial charge in [0.15, 0.2) is 0 Å². The second kappa shape index (κ2) is 11.2. The number of amides is 2. The molecule has 1 N–H and O–H groups in total. The van der Waals surface area contributed by atoms with E-state index in [2.05, 4.69) is 10.2 Å². The van der Waals surface area contributed by atoms with Gasteiger partial charge in [-0.05, 0) is 80.5 Å². The predicted molar refractivity (Wildman–Crippen MR) is 139 cm³/mol. The number of carbonyl (C=O) groups is 1. The number of halogens is 4. The second-order valence-electron chi connectivity index (χ2n) is 10.0. The molecule has 1 saturated carbocycles. The van der Waals surface area contributed by atoms with E-state index in [9.17, 15) is 18.0 Å². The zero-order chi connectivity index (χ0) is 25.9. The Balaban J connectivity index is 1.21. The average molecular weight is 523 g/mol. The number of carbonyl (C=O) groups excluding carboxylic acids is 1. The Labute approximate surface area is 216 Å². The van der Waals surface area contributed by atoms with Gasteiger partial charge in [0.25, 0.3) is 0 Å². The lowest BCUT2D eigenvalue weighted by atomic mass is 9.85. The highest BCUT2D eigenvalue weighted by Crippen LogP contribution is 2.34. The molecule has 196 valence electrons. The molecule has 36 heavy (non-hydrogen) atoms. The van der Waals surface area contributed by atoms with Crippen LogP contribution in [0.4, 0.5) is 29.3 Å². The van der Waals surface area contributed by atoms with Crippen molar-refractivity contribution in [2.75, 3.05) is 50.0 Å². The number of hydrogen-bond donors (Lipinski definition) is 1. The molecule has 0 unspecified atom stereocenters. The maximum Gasteiger partial charge on any atom is 0.416 e. The van der Waals surface area contributed by atoms with Gasteiger partial charge in [-0.3, -0.25) is 0 Å². The molecule has 4 rings (SSSR count). The van der Waals surface area contributed by atoms with Gasteiger partial charge in [-0.25, -0.2) is 4.79 Å². The van der Waals surface area contributed by atoms with Crippen molar-refractivity contribution in [3.05, 3.63) is 58.6 Å². The minimum absolute atomic E-state index is 0.0605. The SMILES string of the molecule is Cc1ccc(NC2CCC(CN(C)C(=O)N3CCN(c4ccc(Cl)cc4)CC3)CC2)cc1C(F)(F)F. The summed E-state index contributed by atoms with van der Waals surface area (Å²) in [4.78, 5) is 19.0. The second-order valence-corrected chi connectivity index (χ2v) is 10.4. The maximum absolute atomic E-state index is 13.2. The molecule has 1 heterocycles. The Morgan fingerprint density at radius 1 is 1.03 bits per heavy atom. The van der Waals surface area contributed by atoms with Crippen molar-refractivity contribution in [3.8, 4) is 0 Å². The van der Waals surface area contributed by atoms with Gasteiger partial charge in [0.05, 0.1) is 5.56 Å². The predicted octanol–water partition coefficient (Wildman–Crippen LogP) is 6.51. The van der Waals surface area contributed by atoms with Crippen molar-refractivity contribution in [3.63, 3.8) is 0 Å². The summed E-state index contributed by atoms with van der Waals surface area (Å²) >= 11 is 5.98. The molecule has 0 atom stereocenters. The van der Waals surface area contributed by atoms with Gasteiger partial charge in [0.2, 0.25) is 0 Å². The van der Waals surface area contributed by atoms with Crippen molar-refractivity contribution >= 4 is 29.0 Å². The minimum Gasteiger partial charge on any atom is -0.382 e. The van der Waals surface area contributed by atoms with Crippen LogP contribution in [0.5, 0.6) is 0 Å². The van der Waals surface area contributed by atoms with Crippen molar-refractivity contribution in [1.82, 2.24) is 9.80 Å². The third-order valence-electron chi connectivity index (χ3n) is 7.36. The molecular formula is C27H34ClF3N4O. The molecule has 1 aliphatic heterocycles. The third-order valence-corrected chi connectivity index (χ3v) is 7.61. The van der Waals surface area contributed by atoms with E-state index in [1.54, 1.807) is 6.07 Å². The van der Waals surface area contributed by atoms with Crippen LogP contribution in [0.1, 0.15) is 36.8 Å². The topological polar surface area (TPSA) is 38.8 Å². The quantitative estimate of drug-likeness (QED) is 0.486. The first-order valence-corrected chi connectivity index (χ1v) is 12.9. The number of hydrogen-bond acceptors (Lipinski definition) is 3. The molecule has 0 bridgehead atoms. The first-order valence-electron chi connectivity index (χ1n) is 12.5. The number of alkyl halides is 3. The van der Waals surface area contributed by atoms with E-state index in [0.29, 0.717) is 36.3 Å². The number of anilines is 2. The van der Waals surface area contributed by atoms with Crippen molar-refractivity contribution in [1.29, 1.82) is 0 Å². The number of urea groups is 1. The number of benzene rings is 2. The summed E-state index contributed by atoms with van der Waals surface area (Å²) in [6.45, 7) is 5.11. The molecule has 0 spiro atoms. The zero-order valence-electron chi connectivity index (χ0n) is 20.8. The van der Waals surface area contributed by atoms with Crippen molar-refractivity contribution < 1.29 is 18.0 Å². The van der Waals surface area contributed by atoms with E-state index in [1.165, 1.54) is 19.1 Å². The van der Waals surface area contributed by atoms with Gasteiger partial charge >= 0.3 is 12.2 Å². The molecule has 5 nitrogen and oxygen atoms in total. The van der Waals surface area contributed by atoms with Crippen LogP contribution < -0.4 is 10.2 Å². The molecule has 2 aliphatic rings. The highest BCUT2D eigenvalue weighted by molar-refractivity contribution is 6.30. The lowest BCUT2D eigenvalue weighted by molar-refractivity contribution is -0.138. The molecule has 2 fully saturated rings. The number of nitrogens with zero attached hydrogens (tertiary/aromatic N) is 3. The third kappa shape index (κ3) is 6.58. The smallest absolute Gasteiger partial charge is 0.382 e. The van der Waals surface area contributed by atoms with Crippen LogP contribution in [0.25, 0.3) is 0 Å². The standard InChI is InChI=1S/C27H34ClF3N4O/c1-19-3-8-23(17-25(19)27(29,30)31)32-22-9-4-20(5-10-22)18-33(2)26(36)35-15-13-34(14-16-35)24-11-6-21(28)7-12-24/h3,6-8,11-12,17,20,22,32H,4-5,9-10,13-16,18H2,1-2H3. The lowest BCUT2D eigenvalue weighted by Gasteiger charge is -2.39. The lowest BCUT2D eigenvalue weighted by Crippen LogP contribution is -2.52. The van der Waals surface area contributed by atoms with E-state index in [0.717, 1.165) is 44.5 Å². The van der Waals surface area contributed by atoms with E-state index in [-0.39, 0.29) is 17.6 Å². The van der Waals surface area contributed by atoms with Gasteiger partial charge in [-0.1, -0.05) is 17.7 Å². The van der Waals surface area contributed by atoms with Gasteiger partial charge in [0, 0.05) is 62.2 Å². The summed E-state index contributed by atoms with van der Waals surface area (Å²) in [6, 6.07) is 12.4. The Morgan fingerprint density at radius 3 is 2.28 bits per heavy atom. The van der Waals surface area contributed by atoms with Gasteiger partial charge in [0.1, 0.15) is 0 Å². The molecule has 2 aromatic rings. The Kier molecular flexibility index (Phi) is 8.23. The number of aryl methyl sites for hydroxylation is 1. The van der Waals surface area contributed by atoms with Crippen LogP contribution in [0.2, 0.25) is 5.02 Å². The van der Waals surface area contributed by atoms with Crippen LogP contribution in [0.15, 0.2) is 42.5 Å². The summed E-state index contributed by atoms with van der Waals surface area (Å²) in [6.07, 6.45) is -0.711. The summed E-state index contributed by atoms with van der Waals surface area (Å²) in [5.41, 5.74) is 1.28. The van der Waals surface area contributed by atoms with E-state index >= 15 is 0 Å². The normalized spacial score (nSPS) is 20.8. The van der Waals surface area contributed by atoms with Crippen molar-refractivity contribution in [2.24, 2.45) is 5.92 Å². The Bertz CT molecular complexity index is 1030. The van der Waals surface area contributed by atoms with Crippen LogP contribution in [0.3, 0.4) is 0 Å². The Hall–Kier alpha value is -2.61. The van der Waals surface area contributed by atoms with Crippen LogP contribution in [-0.4, -0.2) is 61.6 Å². The largest absolute Gasteiger partial charge is 0.416 e. The summed E-state index contributed by atoms with van der Waals surface area (Å²) < 4.78 is 39.7. The first kappa shape index (κ1) is 26.5. The van der Waals surface area contributed by atoms with E-state index in [4.69, 9.17) is 11.6 Å². The molecular weight excluding hydrogens is 489 g/mol. The van der Waals surface area contributed by atoms with Crippen LogP contribution in [0, 0.1) is 12.8 Å². The number of piperazine rings is 1. The zero-order valence-corrected chi connectivity index (χ0v) is 21.6. The van der Waals surface area contributed by atoms with Crippen LogP contribution >= 0.6 is 11.6 Å². The highest BCUT2D eigenvalue weighted by Gasteiger charge is 2.33. The van der Waals surface area contributed by atoms with Crippen molar-refractivity contribution in [2.45, 2.75) is 44.8 Å². The summed E-state index contributed by atoms with van der Waals surface area (Å²) in [5, 5.41) is 4.00. The monoisotopic (exact) mass is 522 g/mol. The molecule has 2 aromatic carbocycles. The highest BCUT2D eigenvalue weighted by atomic mass is 35.5. The average Bonchev–Trinajstić information content (AvgIpc) is 2.86. The summed E-state index contributed by atoms with van der Waals surface area (Å²) in [5.74, 6) is 0.399. The fraction of sp³-hybridized carbons (Fsp3) is 0.519. The molecule has 0 radical (unpaired) electrons. The molecule has 9 heteroatoms.